The van der Waals surface area contributed by atoms with Crippen LogP contribution in [0.1, 0.15) is 27.6 Å². The number of benzene rings is 2. The second-order valence-electron chi connectivity index (χ2n) is 7.17. The largest absolute Gasteiger partial charge is 0.302 e. The lowest BCUT2D eigenvalue weighted by molar-refractivity contribution is 0.103. The zero-order valence-corrected chi connectivity index (χ0v) is 17.3. The lowest BCUT2D eigenvalue weighted by Crippen LogP contribution is -2.20. The van der Waals surface area contributed by atoms with Gasteiger partial charge in [-0.15, -0.1) is 10.2 Å². The highest BCUT2D eigenvalue weighted by molar-refractivity contribution is 6.33. The summed E-state index contributed by atoms with van der Waals surface area (Å²) in [6, 6.07) is 14.6. The SMILES string of the molecule is CN(C)Cc1nnc(CN(C)C)n1-c1c(Cl)cccc1C(=O)c1ccccc1. The number of carbonyl (C=O) groups excluding carboxylic acids is 1. The third kappa shape index (κ3) is 4.30. The van der Waals surface area contributed by atoms with E-state index in [-0.39, 0.29) is 5.78 Å². The third-order valence-corrected chi connectivity index (χ3v) is 4.51. The fourth-order valence-electron chi connectivity index (χ4n) is 3.05. The minimum Gasteiger partial charge on any atom is -0.302 e. The van der Waals surface area contributed by atoms with Crippen LogP contribution in [0, 0.1) is 0 Å². The van der Waals surface area contributed by atoms with Crippen molar-refractivity contribution in [3.63, 3.8) is 0 Å². The molecule has 0 N–H and O–H groups in total. The summed E-state index contributed by atoms with van der Waals surface area (Å²) in [5.74, 6) is 1.38. The molecule has 0 amide bonds. The Morgan fingerprint density at radius 3 is 2.00 bits per heavy atom. The molecule has 3 aromatic rings. The maximum atomic E-state index is 13.2. The first-order valence-corrected chi connectivity index (χ1v) is 9.37. The van der Waals surface area contributed by atoms with Crippen LogP contribution in [-0.4, -0.2) is 58.5 Å². The van der Waals surface area contributed by atoms with Crippen molar-refractivity contribution in [1.82, 2.24) is 24.6 Å². The second-order valence-corrected chi connectivity index (χ2v) is 7.58. The van der Waals surface area contributed by atoms with Gasteiger partial charge in [0.25, 0.3) is 0 Å². The van der Waals surface area contributed by atoms with Gasteiger partial charge in [0, 0.05) is 11.1 Å². The molecule has 0 spiro atoms. The molecule has 1 heterocycles. The van der Waals surface area contributed by atoms with Gasteiger partial charge in [0.2, 0.25) is 0 Å². The van der Waals surface area contributed by atoms with Crippen molar-refractivity contribution < 1.29 is 4.79 Å². The number of halogens is 1. The highest BCUT2D eigenvalue weighted by atomic mass is 35.5. The fourth-order valence-corrected chi connectivity index (χ4v) is 3.31. The highest BCUT2D eigenvalue weighted by Crippen LogP contribution is 2.29. The van der Waals surface area contributed by atoms with Crippen LogP contribution in [0.3, 0.4) is 0 Å². The first kappa shape index (κ1) is 20.2. The predicted octanol–water partition coefficient (Wildman–Crippen LogP) is 3.27. The summed E-state index contributed by atoms with van der Waals surface area (Å²) in [5.41, 5.74) is 1.76. The van der Waals surface area contributed by atoms with E-state index in [1.54, 1.807) is 30.3 Å². The van der Waals surface area contributed by atoms with Gasteiger partial charge in [0.1, 0.15) is 0 Å². The van der Waals surface area contributed by atoms with Crippen molar-refractivity contribution in [2.45, 2.75) is 13.1 Å². The molecule has 0 aliphatic carbocycles. The predicted molar refractivity (Wildman–Crippen MR) is 111 cm³/mol. The lowest BCUT2D eigenvalue weighted by Gasteiger charge is -2.19. The van der Waals surface area contributed by atoms with E-state index in [4.69, 9.17) is 11.6 Å². The molecule has 0 atom stereocenters. The first-order valence-electron chi connectivity index (χ1n) is 8.99. The van der Waals surface area contributed by atoms with Gasteiger partial charge in [0.05, 0.1) is 23.8 Å². The van der Waals surface area contributed by atoms with Gasteiger partial charge in [-0.3, -0.25) is 9.36 Å². The van der Waals surface area contributed by atoms with Crippen LogP contribution in [0.2, 0.25) is 5.02 Å². The van der Waals surface area contributed by atoms with E-state index in [0.717, 1.165) is 11.6 Å². The van der Waals surface area contributed by atoms with Crippen LogP contribution < -0.4 is 0 Å². The van der Waals surface area contributed by atoms with Gasteiger partial charge in [0.15, 0.2) is 17.4 Å². The van der Waals surface area contributed by atoms with E-state index < -0.39 is 0 Å². The Morgan fingerprint density at radius 2 is 1.46 bits per heavy atom. The average Bonchev–Trinajstić information content (AvgIpc) is 3.02. The Labute approximate surface area is 170 Å². The molecule has 0 unspecified atom stereocenters. The average molecular weight is 398 g/mol. The second kappa shape index (κ2) is 8.65. The molecule has 0 radical (unpaired) electrons. The fraction of sp³-hybridized carbons (Fsp3) is 0.286. The smallest absolute Gasteiger partial charge is 0.195 e. The summed E-state index contributed by atoms with van der Waals surface area (Å²) < 4.78 is 1.92. The number of hydrogen-bond acceptors (Lipinski definition) is 5. The minimum absolute atomic E-state index is 0.0848. The van der Waals surface area contributed by atoms with Crippen LogP contribution in [0.15, 0.2) is 48.5 Å². The monoisotopic (exact) mass is 397 g/mol. The van der Waals surface area contributed by atoms with Gasteiger partial charge >= 0.3 is 0 Å². The maximum absolute atomic E-state index is 13.2. The summed E-state index contributed by atoms with van der Waals surface area (Å²) in [7, 11) is 7.86. The molecule has 0 aliphatic heterocycles. The van der Waals surface area contributed by atoms with Crippen LogP contribution in [-0.2, 0) is 13.1 Å². The van der Waals surface area contributed by atoms with Crippen LogP contribution in [0.5, 0.6) is 0 Å². The van der Waals surface area contributed by atoms with Crippen molar-refractivity contribution in [3.8, 4) is 5.69 Å². The Bertz CT molecular complexity index is 939. The number of ketones is 1. The van der Waals surface area contributed by atoms with Crippen molar-refractivity contribution in [1.29, 1.82) is 0 Å². The zero-order chi connectivity index (χ0) is 20.3. The van der Waals surface area contributed by atoms with Crippen LogP contribution in [0.25, 0.3) is 5.69 Å². The number of carbonyl (C=O) groups is 1. The number of rotatable bonds is 7. The molecule has 28 heavy (non-hydrogen) atoms. The van der Waals surface area contributed by atoms with E-state index in [2.05, 4.69) is 10.2 Å². The normalized spacial score (nSPS) is 11.4. The van der Waals surface area contributed by atoms with Crippen molar-refractivity contribution >= 4 is 17.4 Å². The Hall–Kier alpha value is -2.54. The third-order valence-electron chi connectivity index (χ3n) is 4.20. The first-order chi connectivity index (χ1) is 13.4. The van der Waals surface area contributed by atoms with E-state index in [1.807, 2.05) is 60.8 Å². The van der Waals surface area contributed by atoms with Gasteiger partial charge < -0.3 is 9.80 Å². The molecule has 0 fully saturated rings. The minimum atomic E-state index is -0.0848. The molecular weight excluding hydrogens is 374 g/mol. The molecular formula is C21H24ClN5O. The van der Waals surface area contributed by atoms with Gasteiger partial charge in [-0.2, -0.15) is 0 Å². The Morgan fingerprint density at radius 1 is 0.893 bits per heavy atom. The summed E-state index contributed by atoms with van der Waals surface area (Å²) in [6.45, 7) is 1.15. The summed E-state index contributed by atoms with van der Waals surface area (Å²) in [6.07, 6.45) is 0. The highest BCUT2D eigenvalue weighted by Gasteiger charge is 2.23. The summed E-state index contributed by atoms with van der Waals surface area (Å²) in [4.78, 5) is 17.3. The van der Waals surface area contributed by atoms with Gasteiger partial charge in [-0.1, -0.05) is 48.0 Å². The number of aromatic nitrogens is 3. The molecule has 0 saturated carbocycles. The zero-order valence-electron chi connectivity index (χ0n) is 16.6. The molecule has 0 aliphatic rings. The van der Waals surface area contributed by atoms with E-state index >= 15 is 0 Å². The number of hydrogen-bond donors (Lipinski definition) is 0. The summed E-state index contributed by atoms with van der Waals surface area (Å²) >= 11 is 6.61. The van der Waals surface area contributed by atoms with E-state index in [1.165, 1.54) is 0 Å². The molecule has 0 saturated heterocycles. The number of nitrogens with zero attached hydrogens (tertiary/aromatic N) is 5. The topological polar surface area (TPSA) is 54.3 Å². The quantitative estimate of drug-likeness (QED) is 0.573. The van der Waals surface area contributed by atoms with Gasteiger partial charge in [-0.05, 0) is 40.3 Å². The molecule has 1 aromatic heterocycles. The van der Waals surface area contributed by atoms with E-state index in [0.29, 0.717) is 34.9 Å². The summed E-state index contributed by atoms with van der Waals surface area (Å²) in [5, 5.41) is 9.24. The molecule has 146 valence electrons. The van der Waals surface area contributed by atoms with Crippen molar-refractivity contribution in [2.24, 2.45) is 0 Å². The molecule has 6 nitrogen and oxygen atoms in total. The molecule has 2 aromatic carbocycles. The molecule has 3 rings (SSSR count). The van der Waals surface area contributed by atoms with Crippen LogP contribution in [0.4, 0.5) is 0 Å². The lowest BCUT2D eigenvalue weighted by atomic mass is 10.0. The Balaban J connectivity index is 2.21. The maximum Gasteiger partial charge on any atom is 0.195 e. The number of para-hydroxylation sites is 1. The standard InChI is InChI=1S/C21H24ClN5O/c1-25(2)13-18-23-24-19(14-26(3)4)27(18)20-16(11-8-12-17(20)22)21(28)15-9-6-5-7-10-15/h5-12H,13-14H2,1-4H3. The van der Waals surface area contributed by atoms with Gasteiger partial charge in [-0.25, -0.2) is 0 Å². The van der Waals surface area contributed by atoms with Crippen LogP contribution >= 0.6 is 11.6 Å². The van der Waals surface area contributed by atoms with E-state index in [9.17, 15) is 4.79 Å². The van der Waals surface area contributed by atoms with Crippen molar-refractivity contribution in [3.05, 3.63) is 76.3 Å². The van der Waals surface area contributed by atoms with Crippen molar-refractivity contribution in [2.75, 3.05) is 28.2 Å². The Kier molecular flexibility index (Phi) is 6.24. The molecule has 7 heteroatoms. The molecule has 0 bridgehead atoms.